The molecule has 9 nitrogen and oxygen atoms in total. The SMILES string of the molecule is C=C1CCCCN1/N=C(\C)n1ncc(C#N)c1N(CC(=O)NCC(C)C)C(C)=O. The predicted octanol–water partition coefficient (Wildman–Crippen LogP) is 2.06. The molecule has 29 heavy (non-hydrogen) atoms. The Balaban J connectivity index is 2.35. The lowest BCUT2D eigenvalue weighted by Crippen LogP contribution is -2.42. The molecule has 1 saturated heterocycles. The van der Waals surface area contributed by atoms with Gasteiger partial charge in [0.15, 0.2) is 5.82 Å². The van der Waals surface area contributed by atoms with Gasteiger partial charge < -0.3 is 5.32 Å². The number of nitrogens with one attached hydrogen (secondary N) is 1. The van der Waals surface area contributed by atoms with Crippen LogP contribution in [0.15, 0.2) is 23.6 Å². The molecule has 0 aliphatic carbocycles. The lowest BCUT2D eigenvalue weighted by Gasteiger charge is -2.27. The molecule has 1 aromatic rings. The average molecular weight is 399 g/mol. The van der Waals surface area contributed by atoms with E-state index >= 15 is 0 Å². The normalized spacial score (nSPS) is 14.7. The number of carbonyl (C=O) groups excluding carboxylic acids is 2. The van der Waals surface area contributed by atoms with Crippen molar-refractivity contribution in [1.82, 2.24) is 20.1 Å². The number of hydrogen-bond donors (Lipinski definition) is 1. The van der Waals surface area contributed by atoms with Gasteiger partial charge in [-0.2, -0.15) is 20.1 Å². The third kappa shape index (κ3) is 5.67. The topological polar surface area (TPSA) is 107 Å². The van der Waals surface area contributed by atoms with E-state index in [1.807, 2.05) is 24.9 Å². The molecule has 9 heteroatoms. The van der Waals surface area contributed by atoms with Crippen LogP contribution < -0.4 is 10.2 Å². The molecule has 2 rings (SSSR count). The lowest BCUT2D eigenvalue weighted by atomic mass is 10.1. The number of hydrazone groups is 1. The highest BCUT2D eigenvalue weighted by molar-refractivity contribution is 5.99. The van der Waals surface area contributed by atoms with Crippen molar-refractivity contribution in [3.8, 4) is 6.07 Å². The first kappa shape index (κ1) is 22.1. The van der Waals surface area contributed by atoms with Crippen molar-refractivity contribution in [2.45, 2.75) is 47.0 Å². The molecule has 0 radical (unpaired) electrons. The molecule has 2 amide bonds. The molecular formula is C20H29N7O2. The lowest BCUT2D eigenvalue weighted by molar-refractivity contribution is -0.123. The standard InChI is InChI=1S/C20H29N7O2/c1-14(2)11-22-19(29)13-25(17(5)28)20-18(10-21)12-23-27(20)16(4)24-26-9-7-6-8-15(26)3/h12,14H,3,6-9,11,13H2,1-2,4-5H3,(H,22,29)/b24-16+. The first-order valence-electron chi connectivity index (χ1n) is 9.78. The second-order valence-electron chi connectivity index (χ2n) is 7.50. The van der Waals surface area contributed by atoms with Gasteiger partial charge in [-0.1, -0.05) is 20.4 Å². The summed E-state index contributed by atoms with van der Waals surface area (Å²) in [5.41, 5.74) is 1.12. The van der Waals surface area contributed by atoms with Gasteiger partial charge in [-0.15, -0.1) is 0 Å². The summed E-state index contributed by atoms with van der Waals surface area (Å²) in [6.45, 7) is 12.2. The molecule has 0 bridgehead atoms. The minimum atomic E-state index is -0.363. The van der Waals surface area contributed by atoms with Crippen molar-refractivity contribution in [2.75, 3.05) is 24.5 Å². The fourth-order valence-electron chi connectivity index (χ4n) is 2.99. The van der Waals surface area contributed by atoms with Crippen molar-refractivity contribution < 1.29 is 9.59 Å². The van der Waals surface area contributed by atoms with Crippen LogP contribution in [0.25, 0.3) is 0 Å². The highest BCUT2D eigenvalue weighted by Gasteiger charge is 2.25. The second kappa shape index (κ2) is 9.87. The highest BCUT2D eigenvalue weighted by atomic mass is 16.2. The third-order valence-corrected chi connectivity index (χ3v) is 4.53. The zero-order valence-corrected chi connectivity index (χ0v) is 17.6. The number of rotatable bonds is 6. The minimum Gasteiger partial charge on any atom is -0.354 e. The zero-order valence-electron chi connectivity index (χ0n) is 17.6. The fraction of sp³-hybridized carbons (Fsp3) is 0.550. The quantitative estimate of drug-likeness (QED) is 0.582. The maximum Gasteiger partial charge on any atom is 0.240 e. The number of carbonyl (C=O) groups is 2. The number of aromatic nitrogens is 2. The number of anilines is 1. The predicted molar refractivity (Wildman–Crippen MR) is 111 cm³/mol. The van der Waals surface area contributed by atoms with Gasteiger partial charge in [0.05, 0.1) is 6.20 Å². The van der Waals surface area contributed by atoms with Gasteiger partial charge >= 0.3 is 0 Å². The highest BCUT2D eigenvalue weighted by Crippen LogP contribution is 2.22. The van der Waals surface area contributed by atoms with E-state index in [0.29, 0.717) is 12.4 Å². The van der Waals surface area contributed by atoms with Gasteiger partial charge in [0.1, 0.15) is 24.0 Å². The average Bonchev–Trinajstić information content (AvgIpc) is 3.09. The maximum atomic E-state index is 12.3. The maximum absolute atomic E-state index is 12.3. The molecule has 1 N–H and O–H groups in total. The molecular weight excluding hydrogens is 370 g/mol. The largest absolute Gasteiger partial charge is 0.354 e. The van der Waals surface area contributed by atoms with E-state index in [1.54, 1.807) is 6.92 Å². The Morgan fingerprint density at radius 2 is 2.14 bits per heavy atom. The minimum absolute atomic E-state index is 0.198. The molecule has 1 aromatic heterocycles. The number of piperidine rings is 1. The number of nitrogens with zero attached hydrogens (tertiary/aromatic N) is 6. The van der Waals surface area contributed by atoms with Crippen LogP contribution in [0.3, 0.4) is 0 Å². The molecule has 0 unspecified atom stereocenters. The summed E-state index contributed by atoms with van der Waals surface area (Å²) in [5, 5.41) is 22.9. The van der Waals surface area contributed by atoms with Crippen LogP contribution in [-0.4, -0.2) is 52.1 Å². The van der Waals surface area contributed by atoms with Gasteiger partial charge in [-0.05, 0) is 32.1 Å². The summed E-state index contributed by atoms with van der Waals surface area (Å²) < 4.78 is 1.43. The fourth-order valence-corrected chi connectivity index (χ4v) is 2.99. The van der Waals surface area contributed by atoms with Crippen molar-refractivity contribution >= 4 is 23.5 Å². The molecule has 0 saturated carbocycles. The first-order valence-corrected chi connectivity index (χ1v) is 9.78. The molecule has 0 atom stereocenters. The van der Waals surface area contributed by atoms with E-state index in [4.69, 9.17) is 0 Å². The summed E-state index contributed by atoms with van der Waals surface area (Å²) in [6, 6.07) is 2.05. The van der Waals surface area contributed by atoms with Gasteiger partial charge in [0.25, 0.3) is 0 Å². The summed E-state index contributed by atoms with van der Waals surface area (Å²) in [6.07, 6.45) is 4.35. The van der Waals surface area contributed by atoms with Crippen LogP contribution in [0.4, 0.5) is 5.82 Å². The van der Waals surface area contributed by atoms with Gasteiger partial charge in [-0.25, -0.2) is 0 Å². The van der Waals surface area contributed by atoms with Crippen LogP contribution in [0.5, 0.6) is 0 Å². The van der Waals surface area contributed by atoms with E-state index in [-0.39, 0.29) is 35.7 Å². The van der Waals surface area contributed by atoms with Gasteiger partial charge in [0.2, 0.25) is 11.8 Å². The second-order valence-corrected chi connectivity index (χ2v) is 7.50. The first-order chi connectivity index (χ1) is 13.7. The summed E-state index contributed by atoms with van der Waals surface area (Å²) >= 11 is 0. The zero-order chi connectivity index (χ0) is 21.6. The van der Waals surface area contributed by atoms with Crippen LogP contribution in [-0.2, 0) is 9.59 Å². The monoisotopic (exact) mass is 399 g/mol. The molecule has 1 fully saturated rings. The Morgan fingerprint density at radius 3 is 2.72 bits per heavy atom. The Kier molecular flexibility index (Phi) is 7.53. The number of amides is 2. The smallest absolute Gasteiger partial charge is 0.240 e. The van der Waals surface area contributed by atoms with Crippen molar-refractivity contribution in [2.24, 2.45) is 11.0 Å². The van der Waals surface area contributed by atoms with Crippen molar-refractivity contribution in [3.63, 3.8) is 0 Å². The molecule has 2 heterocycles. The Morgan fingerprint density at radius 1 is 1.41 bits per heavy atom. The number of allylic oxidation sites excluding steroid dienone is 1. The Labute approximate surface area is 171 Å². The number of nitriles is 1. The summed E-state index contributed by atoms with van der Waals surface area (Å²) in [4.78, 5) is 25.9. The van der Waals surface area contributed by atoms with Crippen molar-refractivity contribution in [3.05, 3.63) is 24.0 Å². The summed E-state index contributed by atoms with van der Waals surface area (Å²) in [5.74, 6) is 0.349. The molecule has 0 spiro atoms. The van der Waals surface area contributed by atoms with E-state index in [1.165, 1.54) is 22.7 Å². The van der Waals surface area contributed by atoms with Crippen LogP contribution >= 0.6 is 0 Å². The van der Waals surface area contributed by atoms with E-state index in [0.717, 1.165) is 31.5 Å². The summed E-state index contributed by atoms with van der Waals surface area (Å²) in [7, 11) is 0. The Bertz CT molecular complexity index is 848. The van der Waals surface area contributed by atoms with Crippen molar-refractivity contribution in [1.29, 1.82) is 5.26 Å². The van der Waals surface area contributed by atoms with Gasteiger partial charge in [0, 0.05) is 25.7 Å². The van der Waals surface area contributed by atoms with Crippen LogP contribution in [0.2, 0.25) is 0 Å². The molecule has 156 valence electrons. The molecule has 0 aromatic carbocycles. The third-order valence-electron chi connectivity index (χ3n) is 4.53. The van der Waals surface area contributed by atoms with E-state index in [9.17, 15) is 14.9 Å². The molecule has 1 aliphatic heterocycles. The number of hydrogen-bond acceptors (Lipinski definition) is 6. The van der Waals surface area contributed by atoms with E-state index < -0.39 is 0 Å². The molecule has 1 aliphatic rings. The van der Waals surface area contributed by atoms with E-state index in [2.05, 4.69) is 22.1 Å². The van der Waals surface area contributed by atoms with Crippen LogP contribution in [0.1, 0.15) is 52.5 Å². The van der Waals surface area contributed by atoms with Crippen LogP contribution in [0, 0.1) is 17.2 Å². The van der Waals surface area contributed by atoms with Gasteiger partial charge in [-0.3, -0.25) is 19.5 Å². The Hall–Kier alpha value is -3.15.